The first-order valence-corrected chi connectivity index (χ1v) is 7.47. The highest BCUT2D eigenvalue weighted by atomic mass is 35.5. The standard InChI is InChI=1S/C17H21ClN2/c1-3-8-20-17(16-7-9-19-12-13(16)2)11-14-5-4-6-15(18)10-14/h4-7,9-10,12,17,20H,3,8,11H2,1-2H3. The van der Waals surface area contributed by atoms with Crippen LogP contribution in [0.1, 0.15) is 36.1 Å². The van der Waals surface area contributed by atoms with Crippen molar-refractivity contribution in [2.24, 2.45) is 0 Å². The van der Waals surface area contributed by atoms with Gasteiger partial charge in [-0.05, 0) is 61.2 Å². The Kier molecular flexibility index (Phi) is 5.57. The third-order valence-electron chi connectivity index (χ3n) is 3.41. The highest BCUT2D eigenvalue weighted by Gasteiger charge is 2.13. The van der Waals surface area contributed by atoms with E-state index in [0.29, 0.717) is 6.04 Å². The molecule has 0 amide bonds. The first-order valence-electron chi connectivity index (χ1n) is 7.09. The lowest BCUT2D eigenvalue weighted by Crippen LogP contribution is -2.24. The van der Waals surface area contributed by atoms with E-state index >= 15 is 0 Å². The van der Waals surface area contributed by atoms with Gasteiger partial charge in [-0.25, -0.2) is 0 Å². The van der Waals surface area contributed by atoms with E-state index in [-0.39, 0.29) is 0 Å². The number of aromatic nitrogens is 1. The lowest BCUT2D eigenvalue weighted by molar-refractivity contribution is 0.526. The molecule has 1 heterocycles. The van der Waals surface area contributed by atoms with Crippen molar-refractivity contribution < 1.29 is 0 Å². The van der Waals surface area contributed by atoms with Crippen molar-refractivity contribution in [1.82, 2.24) is 10.3 Å². The summed E-state index contributed by atoms with van der Waals surface area (Å²) in [5.74, 6) is 0. The molecule has 1 N–H and O–H groups in total. The van der Waals surface area contributed by atoms with E-state index in [4.69, 9.17) is 11.6 Å². The zero-order chi connectivity index (χ0) is 14.4. The Hall–Kier alpha value is -1.38. The molecule has 0 aliphatic rings. The molecule has 0 fully saturated rings. The number of benzene rings is 1. The Bertz CT molecular complexity index is 554. The molecule has 3 heteroatoms. The summed E-state index contributed by atoms with van der Waals surface area (Å²) in [6, 6.07) is 10.5. The van der Waals surface area contributed by atoms with Crippen LogP contribution in [0.5, 0.6) is 0 Å². The molecule has 0 radical (unpaired) electrons. The molecule has 0 aliphatic carbocycles. The fourth-order valence-corrected chi connectivity index (χ4v) is 2.60. The van der Waals surface area contributed by atoms with Gasteiger partial charge in [0.2, 0.25) is 0 Å². The van der Waals surface area contributed by atoms with Crippen LogP contribution in [-0.4, -0.2) is 11.5 Å². The third kappa shape index (κ3) is 4.06. The van der Waals surface area contributed by atoms with Gasteiger partial charge in [-0.1, -0.05) is 30.7 Å². The van der Waals surface area contributed by atoms with Gasteiger partial charge >= 0.3 is 0 Å². The summed E-state index contributed by atoms with van der Waals surface area (Å²) < 4.78 is 0. The van der Waals surface area contributed by atoms with Crippen molar-refractivity contribution in [1.29, 1.82) is 0 Å². The minimum absolute atomic E-state index is 0.302. The van der Waals surface area contributed by atoms with E-state index < -0.39 is 0 Å². The van der Waals surface area contributed by atoms with Crippen molar-refractivity contribution in [3.63, 3.8) is 0 Å². The Morgan fingerprint density at radius 3 is 2.85 bits per heavy atom. The van der Waals surface area contributed by atoms with E-state index in [0.717, 1.165) is 24.4 Å². The number of halogens is 1. The number of nitrogens with zero attached hydrogens (tertiary/aromatic N) is 1. The van der Waals surface area contributed by atoms with Crippen molar-refractivity contribution in [2.75, 3.05) is 6.54 Å². The number of aryl methyl sites for hydroxylation is 1. The second kappa shape index (κ2) is 7.41. The number of hydrogen-bond acceptors (Lipinski definition) is 2. The van der Waals surface area contributed by atoms with Gasteiger partial charge in [-0.2, -0.15) is 0 Å². The van der Waals surface area contributed by atoms with Gasteiger partial charge in [0, 0.05) is 23.5 Å². The fraction of sp³-hybridized carbons (Fsp3) is 0.353. The first kappa shape index (κ1) is 15.0. The van der Waals surface area contributed by atoms with Gasteiger partial charge in [0.15, 0.2) is 0 Å². The molecule has 2 aromatic rings. The zero-order valence-electron chi connectivity index (χ0n) is 12.1. The summed E-state index contributed by atoms with van der Waals surface area (Å²) in [5.41, 5.74) is 3.79. The topological polar surface area (TPSA) is 24.9 Å². The van der Waals surface area contributed by atoms with E-state index in [1.54, 1.807) is 0 Å². The Labute approximate surface area is 126 Å². The second-order valence-corrected chi connectivity index (χ2v) is 5.51. The fourth-order valence-electron chi connectivity index (χ4n) is 2.39. The summed E-state index contributed by atoms with van der Waals surface area (Å²) >= 11 is 6.08. The molecule has 2 rings (SSSR count). The van der Waals surface area contributed by atoms with Gasteiger partial charge < -0.3 is 5.32 Å². The predicted octanol–water partition coefficient (Wildman–Crippen LogP) is 4.33. The molecule has 1 aromatic heterocycles. The van der Waals surface area contributed by atoms with Gasteiger partial charge in [0.1, 0.15) is 0 Å². The van der Waals surface area contributed by atoms with E-state index in [1.807, 2.05) is 30.6 Å². The normalized spacial score (nSPS) is 12.3. The second-order valence-electron chi connectivity index (χ2n) is 5.07. The minimum atomic E-state index is 0.302. The molecule has 1 unspecified atom stereocenters. The van der Waals surface area contributed by atoms with Crippen LogP contribution in [0.4, 0.5) is 0 Å². The van der Waals surface area contributed by atoms with Gasteiger partial charge in [-0.3, -0.25) is 4.98 Å². The minimum Gasteiger partial charge on any atom is -0.310 e. The SMILES string of the molecule is CCCNC(Cc1cccc(Cl)c1)c1ccncc1C. The van der Waals surface area contributed by atoms with E-state index in [1.165, 1.54) is 16.7 Å². The number of nitrogens with one attached hydrogen (secondary N) is 1. The molecule has 0 aliphatic heterocycles. The lowest BCUT2D eigenvalue weighted by atomic mass is 9.96. The molecule has 1 aromatic carbocycles. The summed E-state index contributed by atoms with van der Waals surface area (Å²) in [7, 11) is 0. The highest BCUT2D eigenvalue weighted by molar-refractivity contribution is 6.30. The van der Waals surface area contributed by atoms with E-state index in [9.17, 15) is 0 Å². The maximum atomic E-state index is 6.08. The van der Waals surface area contributed by atoms with Crippen LogP contribution < -0.4 is 5.32 Å². The molecule has 1 atom stereocenters. The van der Waals surface area contributed by atoms with Crippen LogP contribution in [0.15, 0.2) is 42.7 Å². The number of pyridine rings is 1. The van der Waals surface area contributed by atoms with Crippen molar-refractivity contribution >= 4 is 11.6 Å². The van der Waals surface area contributed by atoms with Gasteiger partial charge in [0.05, 0.1) is 0 Å². The van der Waals surface area contributed by atoms with Crippen molar-refractivity contribution in [3.05, 3.63) is 64.4 Å². The molecular formula is C17H21ClN2. The molecule has 0 saturated heterocycles. The number of hydrogen-bond donors (Lipinski definition) is 1. The molecule has 20 heavy (non-hydrogen) atoms. The molecule has 0 bridgehead atoms. The monoisotopic (exact) mass is 288 g/mol. The molecular weight excluding hydrogens is 268 g/mol. The van der Waals surface area contributed by atoms with Gasteiger partial charge in [0.25, 0.3) is 0 Å². The average Bonchev–Trinajstić information content (AvgIpc) is 2.44. The summed E-state index contributed by atoms with van der Waals surface area (Å²) in [6.07, 6.45) is 5.84. The Balaban J connectivity index is 2.22. The average molecular weight is 289 g/mol. The van der Waals surface area contributed by atoms with Crippen LogP contribution in [-0.2, 0) is 6.42 Å². The maximum Gasteiger partial charge on any atom is 0.0408 e. The summed E-state index contributed by atoms with van der Waals surface area (Å²) in [4.78, 5) is 4.18. The van der Waals surface area contributed by atoms with Gasteiger partial charge in [-0.15, -0.1) is 0 Å². The summed E-state index contributed by atoms with van der Waals surface area (Å²) in [5, 5.41) is 4.42. The third-order valence-corrected chi connectivity index (χ3v) is 3.64. The Morgan fingerprint density at radius 1 is 1.30 bits per heavy atom. The van der Waals surface area contributed by atoms with Crippen molar-refractivity contribution in [3.8, 4) is 0 Å². The lowest BCUT2D eigenvalue weighted by Gasteiger charge is -2.21. The molecule has 0 saturated carbocycles. The van der Waals surface area contributed by atoms with Crippen LogP contribution in [0.2, 0.25) is 5.02 Å². The maximum absolute atomic E-state index is 6.08. The zero-order valence-corrected chi connectivity index (χ0v) is 12.8. The highest BCUT2D eigenvalue weighted by Crippen LogP contribution is 2.22. The quantitative estimate of drug-likeness (QED) is 0.856. The van der Waals surface area contributed by atoms with Crippen LogP contribution >= 0.6 is 11.6 Å². The largest absolute Gasteiger partial charge is 0.310 e. The van der Waals surface area contributed by atoms with Crippen LogP contribution in [0, 0.1) is 6.92 Å². The van der Waals surface area contributed by atoms with Crippen LogP contribution in [0.3, 0.4) is 0 Å². The molecule has 2 nitrogen and oxygen atoms in total. The first-order chi connectivity index (χ1) is 9.70. The smallest absolute Gasteiger partial charge is 0.0408 e. The number of rotatable bonds is 6. The predicted molar refractivity (Wildman–Crippen MR) is 85.2 cm³/mol. The molecule has 106 valence electrons. The van der Waals surface area contributed by atoms with Crippen molar-refractivity contribution in [2.45, 2.75) is 32.7 Å². The van der Waals surface area contributed by atoms with Crippen LogP contribution in [0.25, 0.3) is 0 Å². The van der Waals surface area contributed by atoms with E-state index in [2.05, 4.69) is 36.3 Å². The Morgan fingerprint density at radius 2 is 2.15 bits per heavy atom. The summed E-state index contributed by atoms with van der Waals surface area (Å²) in [6.45, 7) is 5.30. The molecule has 0 spiro atoms.